The van der Waals surface area contributed by atoms with Crippen molar-refractivity contribution in [3.63, 3.8) is 0 Å². The van der Waals surface area contributed by atoms with Crippen LogP contribution in [0.25, 0.3) is 0 Å². The Labute approximate surface area is 138 Å². The molecule has 2 aliphatic rings. The molecule has 128 valence electrons. The number of nitrogens with one attached hydrogen (secondary N) is 1. The van der Waals surface area contributed by atoms with Crippen molar-refractivity contribution in [2.45, 2.75) is 70.9 Å². The van der Waals surface area contributed by atoms with Crippen LogP contribution in [-0.4, -0.2) is 33.4 Å². The van der Waals surface area contributed by atoms with Gasteiger partial charge in [0, 0.05) is 25.1 Å². The van der Waals surface area contributed by atoms with E-state index in [4.69, 9.17) is 0 Å². The van der Waals surface area contributed by atoms with Crippen LogP contribution in [0, 0.1) is 11.8 Å². The zero-order valence-electron chi connectivity index (χ0n) is 14.3. The number of aromatic nitrogens is 2. The molecule has 1 aromatic heterocycles. The lowest BCUT2D eigenvalue weighted by molar-refractivity contribution is 0.0912. The molecule has 2 N–H and O–H groups in total. The number of aliphatic hydroxyl groups is 1. The Morgan fingerprint density at radius 2 is 2.00 bits per heavy atom. The van der Waals surface area contributed by atoms with Crippen LogP contribution in [0.5, 0.6) is 0 Å². The highest BCUT2D eigenvalue weighted by Crippen LogP contribution is 2.42. The molecular weight excluding hydrogens is 290 g/mol. The van der Waals surface area contributed by atoms with Crippen LogP contribution in [-0.2, 0) is 6.54 Å². The summed E-state index contributed by atoms with van der Waals surface area (Å²) >= 11 is 0. The molecule has 5 nitrogen and oxygen atoms in total. The summed E-state index contributed by atoms with van der Waals surface area (Å²) < 4.78 is 2.04. The molecule has 2 aliphatic carbocycles. The molecule has 0 atom stereocenters. The van der Waals surface area contributed by atoms with E-state index in [1.165, 1.54) is 12.8 Å². The minimum Gasteiger partial charge on any atom is -0.396 e. The molecule has 23 heavy (non-hydrogen) atoms. The summed E-state index contributed by atoms with van der Waals surface area (Å²) in [5, 5.41) is 16.9. The number of hydrogen-bond donors (Lipinski definition) is 2. The number of carbonyl (C=O) groups excluding carboxylic acids is 1. The van der Waals surface area contributed by atoms with E-state index in [-0.39, 0.29) is 18.6 Å². The normalized spacial score (nSPS) is 24.9. The zero-order valence-corrected chi connectivity index (χ0v) is 14.3. The summed E-state index contributed by atoms with van der Waals surface area (Å²) in [7, 11) is 0. The minimum atomic E-state index is 0.0364. The van der Waals surface area contributed by atoms with Gasteiger partial charge in [0.15, 0.2) is 0 Å². The van der Waals surface area contributed by atoms with Crippen LogP contribution in [0.4, 0.5) is 0 Å². The van der Waals surface area contributed by atoms with Crippen LogP contribution in [0.2, 0.25) is 0 Å². The Hall–Kier alpha value is -1.36. The van der Waals surface area contributed by atoms with Crippen molar-refractivity contribution in [1.29, 1.82) is 0 Å². The van der Waals surface area contributed by atoms with Crippen molar-refractivity contribution >= 4 is 5.91 Å². The lowest BCUT2D eigenvalue weighted by Gasteiger charge is -2.28. The molecule has 3 rings (SSSR count). The van der Waals surface area contributed by atoms with Crippen molar-refractivity contribution in [2.24, 2.45) is 11.8 Å². The second-order valence-electron chi connectivity index (χ2n) is 7.67. The van der Waals surface area contributed by atoms with Gasteiger partial charge in [-0.05, 0) is 50.4 Å². The van der Waals surface area contributed by atoms with Gasteiger partial charge < -0.3 is 10.4 Å². The molecule has 2 saturated carbocycles. The molecule has 0 radical (unpaired) electrons. The topological polar surface area (TPSA) is 67.2 Å². The Balaban J connectivity index is 1.66. The molecule has 0 aliphatic heterocycles. The maximum Gasteiger partial charge on any atom is 0.254 e. The monoisotopic (exact) mass is 319 g/mol. The highest BCUT2D eigenvalue weighted by Gasteiger charge is 2.33. The van der Waals surface area contributed by atoms with Crippen molar-refractivity contribution in [1.82, 2.24) is 15.1 Å². The van der Waals surface area contributed by atoms with E-state index in [9.17, 15) is 9.90 Å². The van der Waals surface area contributed by atoms with Crippen LogP contribution in [0.3, 0.4) is 0 Å². The third-order valence-electron chi connectivity index (χ3n) is 5.07. The molecule has 5 heteroatoms. The first-order chi connectivity index (χ1) is 11.1. The average molecular weight is 319 g/mol. The quantitative estimate of drug-likeness (QED) is 0.847. The fourth-order valence-electron chi connectivity index (χ4n) is 3.60. The fraction of sp³-hybridized carbons (Fsp3) is 0.778. The molecule has 0 spiro atoms. The van der Waals surface area contributed by atoms with Crippen LogP contribution >= 0.6 is 0 Å². The molecule has 0 bridgehead atoms. The summed E-state index contributed by atoms with van der Waals surface area (Å²) in [4.78, 5) is 12.7. The highest BCUT2D eigenvalue weighted by molar-refractivity contribution is 5.95. The summed E-state index contributed by atoms with van der Waals surface area (Å²) in [5.74, 6) is 1.49. The van der Waals surface area contributed by atoms with E-state index in [1.54, 1.807) is 6.20 Å². The second-order valence-corrected chi connectivity index (χ2v) is 7.67. The fourth-order valence-corrected chi connectivity index (χ4v) is 3.60. The Morgan fingerprint density at radius 1 is 1.30 bits per heavy atom. The van der Waals surface area contributed by atoms with E-state index in [0.29, 0.717) is 17.8 Å². The number of aliphatic hydroxyl groups excluding tert-OH is 1. The van der Waals surface area contributed by atoms with Crippen molar-refractivity contribution in [3.8, 4) is 0 Å². The number of hydrogen-bond acceptors (Lipinski definition) is 3. The summed E-state index contributed by atoms with van der Waals surface area (Å²) in [6, 6.07) is 0.241. The third-order valence-corrected chi connectivity index (χ3v) is 5.07. The van der Waals surface area contributed by atoms with E-state index in [1.807, 2.05) is 4.68 Å². The highest BCUT2D eigenvalue weighted by atomic mass is 16.3. The maximum atomic E-state index is 12.7. The first-order valence-electron chi connectivity index (χ1n) is 9.06. The summed E-state index contributed by atoms with van der Waals surface area (Å²) in [6.45, 7) is 5.50. The predicted molar refractivity (Wildman–Crippen MR) is 89.3 cm³/mol. The van der Waals surface area contributed by atoms with E-state index >= 15 is 0 Å². The van der Waals surface area contributed by atoms with Gasteiger partial charge in [-0.25, -0.2) is 0 Å². The van der Waals surface area contributed by atoms with Gasteiger partial charge in [-0.15, -0.1) is 0 Å². The number of amides is 1. The van der Waals surface area contributed by atoms with Gasteiger partial charge in [0.2, 0.25) is 0 Å². The minimum absolute atomic E-state index is 0.0364. The van der Waals surface area contributed by atoms with Crippen molar-refractivity contribution in [2.75, 3.05) is 6.61 Å². The second kappa shape index (κ2) is 7.04. The standard InChI is InChI=1S/C18H29N3O2/c1-12(2)10-21-17(14-5-6-14)16(9-19-21)18(23)20-15-7-3-13(11-22)4-8-15/h9,12-15,22H,3-8,10-11H2,1-2H3,(H,20,23). The number of carbonyl (C=O) groups is 1. The SMILES string of the molecule is CC(C)Cn1ncc(C(=O)NC2CCC(CO)CC2)c1C1CC1. The molecule has 1 amide bonds. The number of nitrogens with zero attached hydrogens (tertiary/aromatic N) is 2. The summed E-state index contributed by atoms with van der Waals surface area (Å²) in [6.07, 6.45) is 8.04. The van der Waals surface area contributed by atoms with Gasteiger partial charge in [-0.2, -0.15) is 5.10 Å². The summed E-state index contributed by atoms with van der Waals surface area (Å²) in [5.41, 5.74) is 1.91. The number of rotatable bonds is 6. The first kappa shape index (κ1) is 16.5. The first-order valence-corrected chi connectivity index (χ1v) is 9.06. The third kappa shape index (κ3) is 3.94. The molecule has 1 heterocycles. The molecule has 2 fully saturated rings. The maximum absolute atomic E-state index is 12.7. The molecule has 0 saturated heterocycles. The van der Waals surface area contributed by atoms with Gasteiger partial charge in [0.1, 0.15) is 0 Å². The zero-order chi connectivity index (χ0) is 16.4. The lowest BCUT2D eigenvalue weighted by atomic mass is 9.86. The lowest BCUT2D eigenvalue weighted by Crippen LogP contribution is -2.38. The average Bonchev–Trinajstić information content (AvgIpc) is 3.28. The largest absolute Gasteiger partial charge is 0.396 e. The Kier molecular flexibility index (Phi) is 5.05. The van der Waals surface area contributed by atoms with Crippen LogP contribution in [0.15, 0.2) is 6.20 Å². The molecular formula is C18H29N3O2. The van der Waals surface area contributed by atoms with E-state index in [0.717, 1.165) is 43.5 Å². The molecule has 1 aromatic rings. The van der Waals surface area contributed by atoms with Crippen molar-refractivity contribution in [3.05, 3.63) is 17.5 Å². The predicted octanol–water partition coefficient (Wildman–Crippen LogP) is 2.70. The van der Waals surface area contributed by atoms with Crippen molar-refractivity contribution < 1.29 is 9.90 Å². The van der Waals surface area contributed by atoms with Gasteiger partial charge in [-0.1, -0.05) is 13.8 Å². The Morgan fingerprint density at radius 3 is 2.57 bits per heavy atom. The van der Waals surface area contributed by atoms with Gasteiger partial charge in [0.25, 0.3) is 5.91 Å². The molecule has 0 aromatic carbocycles. The van der Waals surface area contributed by atoms with E-state index < -0.39 is 0 Å². The molecule has 0 unspecified atom stereocenters. The van der Waals surface area contributed by atoms with E-state index in [2.05, 4.69) is 24.3 Å². The van der Waals surface area contributed by atoms with Crippen LogP contribution in [0.1, 0.15) is 74.3 Å². The van der Waals surface area contributed by atoms with Gasteiger partial charge in [0.05, 0.1) is 17.5 Å². The van der Waals surface area contributed by atoms with Gasteiger partial charge >= 0.3 is 0 Å². The van der Waals surface area contributed by atoms with Crippen LogP contribution < -0.4 is 5.32 Å². The van der Waals surface area contributed by atoms with Gasteiger partial charge in [-0.3, -0.25) is 9.48 Å². The Bertz CT molecular complexity index is 540. The smallest absolute Gasteiger partial charge is 0.254 e.